The number of pyridine rings is 1. The number of ether oxygens (including phenoxy) is 4. The summed E-state index contributed by atoms with van der Waals surface area (Å²) in [5.41, 5.74) is 3.65. The van der Waals surface area contributed by atoms with Gasteiger partial charge in [0.15, 0.2) is 17.3 Å². The lowest BCUT2D eigenvalue weighted by Gasteiger charge is -2.21. The maximum Gasteiger partial charge on any atom is 0.323 e. The number of carboxylic acids is 1. The first-order valence-corrected chi connectivity index (χ1v) is 15.1. The summed E-state index contributed by atoms with van der Waals surface area (Å²) >= 11 is 6.67. The number of hydrogen-bond donors (Lipinski definition) is 3. The Morgan fingerprint density at radius 2 is 1.96 bits per heavy atom. The molecule has 0 radical (unpaired) electrons. The topological polar surface area (TPSA) is 143 Å². The van der Waals surface area contributed by atoms with E-state index in [2.05, 4.69) is 10.3 Å². The molecule has 3 aromatic carbocycles. The predicted molar refractivity (Wildman–Crippen MR) is 165 cm³/mol. The molecular formula is C34H28ClF2N3O7. The monoisotopic (exact) mass is 663 g/mol. The van der Waals surface area contributed by atoms with Gasteiger partial charge in [0.1, 0.15) is 49.5 Å². The maximum atomic E-state index is 15.3. The highest BCUT2D eigenvalue weighted by Gasteiger charge is 2.31. The molecule has 3 N–H and O–H groups in total. The SMILES string of the molecule is N#Cc1cncc(COc2cc(O[C@H]3CCc4c(-c5cc6c(c(F)c5F)OCCO6)cccc43)c(Cl)cc2CN[C@@H](CO)C(=O)O)c1. The Labute approximate surface area is 273 Å². The van der Waals surface area contributed by atoms with Crippen LogP contribution >= 0.6 is 11.6 Å². The van der Waals surface area contributed by atoms with Crippen molar-refractivity contribution in [3.63, 3.8) is 0 Å². The standard InChI is InChI=1S/C34H28ClF2N3O7/c35-25-9-20(15-40-26(16-41)34(42)43)28(46-17-19-8-18(12-38)13-39-14-19)11-29(25)47-27-5-4-22-21(2-1-3-23(22)27)24-10-30-33(32(37)31(24)36)45-7-6-44-30/h1-3,8-11,13-14,26-27,40-41H,4-7,15-17H2,(H,42,43)/t26-,27-/m0/s1. The average Bonchev–Trinajstić information content (AvgIpc) is 3.50. The summed E-state index contributed by atoms with van der Waals surface area (Å²) in [6.45, 7) is -0.236. The van der Waals surface area contributed by atoms with Gasteiger partial charge in [0.2, 0.25) is 5.82 Å². The molecule has 0 saturated heterocycles. The molecule has 2 atom stereocenters. The molecule has 6 rings (SSSR count). The normalized spacial score (nSPS) is 15.4. The van der Waals surface area contributed by atoms with Crippen LogP contribution in [0.1, 0.15) is 40.3 Å². The van der Waals surface area contributed by atoms with Crippen LogP contribution in [0.25, 0.3) is 11.1 Å². The van der Waals surface area contributed by atoms with Crippen LogP contribution in [0.15, 0.2) is 54.9 Å². The zero-order valence-electron chi connectivity index (χ0n) is 24.8. The molecule has 0 saturated carbocycles. The summed E-state index contributed by atoms with van der Waals surface area (Å²) in [5, 5.41) is 31.0. The Morgan fingerprint density at radius 3 is 2.74 bits per heavy atom. The number of nitrogens with zero attached hydrogens (tertiary/aromatic N) is 2. The van der Waals surface area contributed by atoms with E-state index in [4.69, 9.17) is 30.5 Å². The highest BCUT2D eigenvalue weighted by molar-refractivity contribution is 6.32. The molecule has 4 aromatic rings. The summed E-state index contributed by atoms with van der Waals surface area (Å²) in [6.07, 6.45) is 3.56. The number of nitrogens with one attached hydrogen (secondary N) is 1. The van der Waals surface area contributed by atoms with Gasteiger partial charge in [0.25, 0.3) is 0 Å². The van der Waals surface area contributed by atoms with Gasteiger partial charge in [-0.05, 0) is 47.7 Å². The van der Waals surface area contributed by atoms with Crippen LogP contribution in [0.5, 0.6) is 23.0 Å². The van der Waals surface area contributed by atoms with Gasteiger partial charge in [0.05, 0.1) is 17.2 Å². The highest BCUT2D eigenvalue weighted by Crippen LogP contribution is 2.46. The third-order valence-corrected chi connectivity index (χ3v) is 8.24. The molecule has 0 amide bonds. The number of aliphatic carboxylic acids is 1. The van der Waals surface area contributed by atoms with Crippen molar-refractivity contribution in [2.75, 3.05) is 19.8 Å². The smallest absolute Gasteiger partial charge is 0.323 e. The van der Waals surface area contributed by atoms with Gasteiger partial charge in [-0.1, -0.05) is 29.8 Å². The number of hydrogen-bond acceptors (Lipinski definition) is 9. The first-order valence-electron chi connectivity index (χ1n) is 14.7. The van der Waals surface area contributed by atoms with Crippen LogP contribution in [0.2, 0.25) is 5.02 Å². The fourth-order valence-electron chi connectivity index (χ4n) is 5.65. The molecule has 1 aliphatic heterocycles. The lowest BCUT2D eigenvalue weighted by Crippen LogP contribution is -2.39. The lowest BCUT2D eigenvalue weighted by atomic mass is 9.95. The van der Waals surface area contributed by atoms with Crippen molar-refractivity contribution < 1.29 is 42.7 Å². The number of fused-ring (bicyclic) bond motifs is 2. The van der Waals surface area contributed by atoms with Crippen molar-refractivity contribution >= 4 is 17.6 Å². The first-order chi connectivity index (χ1) is 22.8. The lowest BCUT2D eigenvalue weighted by molar-refractivity contribution is -0.140. The first kappa shape index (κ1) is 32.0. The van der Waals surface area contributed by atoms with E-state index in [0.717, 1.165) is 11.1 Å². The molecule has 2 heterocycles. The van der Waals surface area contributed by atoms with Crippen LogP contribution in [-0.4, -0.2) is 47.0 Å². The Bertz CT molecular complexity index is 1880. The number of nitriles is 1. The second-order valence-corrected chi connectivity index (χ2v) is 11.3. The second kappa shape index (κ2) is 13.8. The van der Waals surface area contributed by atoms with Crippen molar-refractivity contribution in [3.05, 3.63) is 99.3 Å². The second-order valence-electron chi connectivity index (χ2n) is 10.9. The molecule has 0 fully saturated rings. The van der Waals surface area contributed by atoms with Gasteiger partial charge in [-0.15, -0.1) is 0 Å². The van der Waals surface area contributed by atoms with Gasteiger partial charge in [-0.2, -0.15) is 9.65 Å². The van der Waals surface area contributed by atoms with Gasteiger partial charge >= 0.3 is 5.97 Å². The Kier molecular flexibility index (Phi) is 9.40. The number of carbonyl (C=O) groups is 1. The number of aliphatic hydroxyl groups is 1. The molecule has 0 unspecified atom stereocenters. The molecule has 242 valence electrons. The van der Waals surface area contributed by atoms with Crippen LogP contribution in [0.3, 0.4) is 0 Å². The number of benzene rings is 3. The van der Waals surface area contributed by atoms with Crippen LogP contribution in [0, 0.1) is 23.0 Å². The summed E-state index contributed by atoms with van der Waals surface area (Å²) in [4.78, 5) is 15.5. The Balaban J connectivity index is 1.29. The minimum absolute atomic E-state index is 0.00335. The third kappa shape index (κ3) is 6.64. The van der Waals surface area contributed by atoms with E-state index in [1.165, 1.54) is 12.3 Å². The molecule has 47 heavy (non-hydrogen) atoms. The fraction of sp³-hybridized carbons (Fsp3) is 0.265. The quantitative estimate of drug-likeness (QED) is 0.188. The van der Waals surface area contributed by atoms with E-state index in [1.54, 1.807) is 36.5 Å². The molecule has 1 aromatic heterocycles. The summed E-state index contributed by atoms with van der Waals surface area (Å²) in [5.74, 6) is -2.83. The van der Waals surface area contributed by atoms with Gasteiger partial charge in [-0.3, -0.25) is 15.1 Å². The van der Waals surface area contributed by atoms with Crippen LogP contribution < -0.4 is 24.3 Å². The fourth-order valence-corrected chi connectivity index (χ4v) is 5.88. The van der Waals surface area contributed by atoms with Crippen LogP contribution in [0.4, 0.5) is 8.78 Å². The maximum absolute atomic E-state index is 15.3. The van der Waals surface area contributed by atoms with E-state index in [-0.39, 0.29) is 54.2 Å². The van der Waals surface area contributed by atoms with E-state index in [9.17, 15) is 24.7 Å². The summed E-state index contributed by atoms with van der Waals surface area (Å²) < 4.78 is 53.5. The van der Waals surface area contributed by atoms with Crippen molar-refractivity contribution in [1.29, 1.82) is 5.26 Å². The van der Waals surface area contributed by atoms with Crippen molar-refractivity contribution in [2.24, 2.45) is 0 Å². The molecule has 10 nitrogen and oxygen atoms in total. The van der Waals surface area contributed by atoms with Gasteiger partial charge < -0.3 is 29.2 Å². The number of halogens is 3. The molecule has 0 spiro atoms. The molecular weight excluding hydrogens is 636 g/mol. The zero-order chi connectivity index (χ0) is 33.1. The average molecular weight is 664 g/mol. The van der Waals surface area contributed by atoms with Crippen molar-refractivity contribution in [3.8, 4) is 40.2 Å². The van der Waals surface area contributed by atoms with E-state index in [1.807, 2.05) is 12.1 Å². The largest absolute Gasteiger partial charge is 0.488 e. The van der Waals surface area contributed by atoms with Gasteiger partial charge in [-0.25, -0.2) is 4.39 Å². The van der Waals surface area contributed by atoms with Crippen LogP contribution in [-0.2, 0) is 24.4 Å². The molecule has 0 bridgehead atoms. The van der Waals surface area contributed by atoms with Gasteiger partial charge in [0, 0.05) is 41.7 Å². The summed E-state index contributed by atoms with van der Waals surface area (Å²) in [7, 11) is 0. The number of aromatic nitrogens is 1. The number of carboxylic acid groups (broad SMARTS) is 1. The third-order valence-electron chi connectivity index (χ3n) is 7.94. The Morgan fingerprint density at radius 1 is 1.13 bits per heavy atom. The van der Waals surface area contributed by atoms with E-state index >= 15 is 4.39 Å². The minimum atomic E-state index is -1.22. The van der Waals surface area contributed by atoms with E-state index in [0.29, 0.717) is 40.8 Å². The van der Waals surface area contributed by atoms with E-state index < -0.39 is 36.4 Å². The predicted octanol–water partition coefficient (Wildman–Crippen LogP) is 5.50. The highest BCUT2D eigenvalue weighted by atomic mass is 35.5. The van der Waals surface area contributed by atoms with Crippen molar-refractivity contribution in [1.82, 2.24) is 10.3 Å². The minimum Gasteiger partial charge on any atom is -0.488 e. The number of rotatable bonds is 11. The Hall–Kier alpha value is -4.96. The number of aliphatic hydroxyl groups excluding tert-OH is 1. The molecule has 1 aliphatic carbocycles. The molecule has 13 heteroatoms. The molecule has 2 aliphatic rings. The zero-order valence-corrected chi connectivity index (χ0v) is 25.5. The van der Waals surface area contributed by atoms with Crippen molar-refractivity contribution in [2.45, 2.75) is 38.1 Å². The summed E-state index contributed by atoms with van der Waals surface area (Å²) in [6, 6.07) is 12.4.